The van der Waals surface area contributed by atoms with Gasteiger partial charge in [-0.15, -0.1) is 0 Å². The molecule has 1 heterocycles. The number of nitrogens with zero attached hydrogens (tertiary/aromatic N) is 3. The lowest BCUT2D eigenvalue weighted by atomic mass is 10.2. The molecule has 0 aliphatic carbocycles. The molecule has 0 atom stereocenters. The average Bonchev–Trinajstić information content (AvgIpc) is 2.88. The monoisotopic (exact) mass is 339 g/mol. The van der Waals surface area contributed by atoms with Gasteiger partial charge in [-0.25, -0.2) is 14.3 Å². The number of aryl methyl sites for hydroxylation is 1. The summed E-state index contributed by atoms with van der Waals surface area (Å²) < 4.78 is 11.6. The molecule has 0 bridgehead atoms. The predicted molar refractivity (Wildman–Crippen MR) is 81.9 cm³/mol. The minimum absolute atomic E-state index is 0.0491. The quantitative estimate of drug-likeness (QED) is 0.456. The lowest BCUT2D eigenvalue weighted by molar-refractivity contribution is -0.392. The first-order chi connectivity index (χ1) is 10.9. The van der Waals surface area contributed by atoms with Crippen molar-refractivity contribution in [2.24, 2.45) is 0 Å². The number of imidazole rings is 1. The number of carbonyl (C=O) groups excluding carboxylic acids is 1. The number of halogens is 1. The highest BCUT2D eigenvalue weighted by Crippen LogP contribution is 2.23. The number of nitro groups is 1. The summed E-state index contributed by atoms with van der Waals surface area (Å²) in [5, 5.41) is 11.3. The molecule has 0 fully saturated rings. The summed E-state index contributed by atoms with van der Waals surface area (Å²) in [4.78, 5) is 26.3. The molecular formula is C14H14ClN3O5. The summed E-state index contributed by atoms with van der Waals surface area (Å²) in [6.07, 6.45) is 1.16. The van der Waals surface area contributed by atoms with Crippen LogP contribution in [0.25, 0.3) is 0 Å². The van der Waals surface area contributed by atoms with Gasteiger partial charge in [0.25, 0.3) is 0 Å². The third kappa shape index (κ3) is 3.78. The smallest absolute Gasteiger partial charge is 0.342 e. The number of aromatic nitrogens is 2. The fourth-order valence-corrected chi connectivity index (χ4v) is 2.20. The van der Waals surface area contributed by atoms with Gasteiger partial charge in [0.2, 0.25) is 0 Å². The Morgan fingerprint density at radius 3 is 2.87 bits per heavy atom. The Labute approximate surface area is 136 Å². The molecule has 1 aromatic heterocycles. The molecule has 9 heteroatoms. The molecule has 2 rings (SSSR count). The maximum absolute atomic E-state index is 12.1. The summed E-state index contributed by atoms with van der Waals surface area (Å²) in [6.45, 7) is 1.71. The number of esters is 1. The number of methoxy groups -OCH3 is 1. The van der Waals surface area contributed by atoms with Crippen LogP contribution in [0.1, 0.15) is 16.2 Å². The van der Waals surface area contributed by atoms with Crippen LogP contribution in [0.5, 0.6) is 5.75 Å². The number of ether oxygens (including phenoxy) is 2. The molecule has 0 amide bonds. The van der Waals surface area contributed by atoms with Crippen LogP contribution in [0.3, 0.4) is 0 Å². The van der Waals surface area contributed by atoms with Crippen molar-refractivity contribution in [2.45, 2.75) is 13.5 Å². The van der Waals surface area contributed by atoms with Gasteiger partial charge >= 0.3 is 11.8 Å². The lowest BCUT2D eigenvalue weighted by Crippen LogP contribution is -2.14. The number of carbonyl (C=O) groups is 1. The first-order valence-electron chi connectivity index (χ1n) is 6.61. The second-order valence-electron chi connectivity index (χ2n) is 4.55. The van der Waals surface area contributed by atoms with E-state index in [-0.39, 0.29) is 24.5 Å². The molecule has 0 aliphatic rings. The van der Waals surface area contributed by atoms with E-state index in [1.807, 2.05) is 0 Å². The highest BCUT2D eigenvalue weighted by Gasteiger charge is 2.19. The highest BCUT2D eigenvalue weighted by molar-refractivity contribution is 6.31. The molecule has 0 N–H and O–H groups in total. The lowest BCUT2D eigenvalue weighted by Gasteiger charge is -2.09. The van der Waals surface area contributed by atoms with Crippen molar-refractivity contribution in [3.05, 3.63) is 50.9 Å². The zero-order valence-corrected chi connectivity index (χ0v) is 13.2. The largest absolute Gasteiger partial charge is 0.496 e. The molecule has 8 nitrogen and oxygen atoms in total. The third-order valence-electron chi connectivity index (χ3n) is 3.15. The number of rotatable bonds is 6. The molecule has 0 unspecified atom stereocenters. The molecule has 0 radical (unpaired) electrons. The molecule has 0 spiro atoms. The van der Waals surface area contributed by atoms with Crippen LogP contribution in [-0.4, -0.2) is 34.2 Å². The Hall–Kier alpha value is -2.61. The van der Waals surface area contributed by atoms with Gasteiger partial charge in [-0.1, -0.05) is 11.6 Å². The van der Waals surface area contributed by atoms with Gasteiger partial charge < -0.3 is 19.6 Å². The van der Waals surface area contributed by atoms with Crippen molar-refractivity contribution in [3.63, 3.8) is 0 Å². The van der Waals surface area contributed by atoms with Crippen LogP contribution < -0.4 is 4.74 Å². The Bertz CT molecular complexity index is 744. The first kappa shape index (κ1) is 16.8. The SMILES string of the molecule is COc1ccc(Cl)cc1C(=O)OCCn1c([N+](=O)[O-])cnc1C. The zero-order chi connectivity index (χ0) is 17.0. The van der Waals surface area contributed by atoms with Crippen molar-refractivity contribution in [2.75, 3.05) is 13.7 Å². The maximum Gasteiger partial charge on any atom is 0.342 e. The van der Waals surface area contributed by atoms with Gasteiger partial charge in [0, 0.05) is 11.9 Å². The van der Waals surface area contributed by atoms with Crippen LogP contribution in [-0.2, 0) is 11.3 Å². The topological polar surface area (TPSA) is 96.5 Å². The first-order valence-corrected chi connectivity index (χ1v) is 6.99. The van der Waals surface area contributed by atoms with E-state index >= 15 is 0 Å². The van der Waals surface area contributed by atoms with Crippen LogP contribution >= 0.6 is 11.6 Å². The summed E-state index contributed by atoms with van der Waals surface area (Å²) in [6, 6.07) is 4.59. The maximum atomic E-state index is 12.1. The molecule has 122 valence electrons. The third-order valence-corrected chi connectivity index (χ3v) is 3.39. The number of hydrogen-bond donors (Lipinski definition) is 0. The van der Waals surface area contributed by atoms with Gasteiger partial charge in [0.05, 0.1) is 7.11 Å². The molecule has 1 aromatic carbocycles. The van der Waals surface area contributed by atoms with Crippen molar-refractivity contribution in [1.29, 1.82) is 0 Å². The second kappa shape index (κ2) is 7.10. The Morgan fingerprint density at radius 2 is 2.22 bits per heavy atom. The Balaban J connectivity index is 2.05. The van der Waals surface area contributed by atoms with E-state index in [4.69, 9.17) is 21.1 Å². The summed E-state index contributed by atoms with van der Waals surface area (Å²) in [7, 11) is 1.43. The summed E-state index contributed by atoms with van der Waals surface area (Å²) in [5.41, 5.74) is 0.192. The Morgan fingerprint density at radius 1 is 1.48 bits per heavy atom. The summed E-state index contributed by atoms with van der Waals surface area (Å²) >= 11 is 5.86. The summed E-state index contributed by atoms with van der Waals surface area (Å²) in [5.74, 6) is 0.0286. The van der Waals surface area contributed by atoms with Crippen LogP contribution in [0.15, 0.2) is 24.4 Å². The van der Waals surface area contributed by atoms with Crippen molar-refractivity contribution in [1.82, 2.24) is 9.55 Å². The van der Waals surface area contributed by atoms with E-state index in [1.54, 1.807) is 19.1 Å². The minimum atomic E-state index is -0.621. The van der Waals surface area contributed by atoms with Crippen molar-refractivity contribution < 1.29 is 19.2 Å². The normalized spacial score (nSPS) is 10.4. The Kier molecular flexibility index (Phi) is 5.17. The van der Waals surface area contributed by atoms with E-state index in [1.165, 1.54) is 17.7 Å². The second-order valence-corrected chi connectivity index (χ2v) is 4.99. The minimum Gasteiger partial charge on any atom is -0.496 e. The predicted octanol–water partition coefficient (Wildman–Crippen LogP) is 2.62. The number of hydrogen-bond acceptors (Lipinski definition) is 6. The van der Waals surface area contributed by atoms with Gasteiger partial charge in [0.1, 0.15) is 30.7 Å². The van der Waals surface area contributed by atoms with Crippen molar-refractivity contribution >= 4 is 23.4 Å². The van der Waals surface area contributed by atoms with E-state index in [9.17, 15) is 14.9 Å². The number of benzene rings is 1. The molecule has 2 aromatic rings. The van der Waals surface area contributed by atoms with E-state index in [2.05, 4.69) is 4.98 Å². The highest BCUT2D eigenvalue weighted by atomic mass is 35.5. The molecule has 0 saturated heterocycles. The zero-order valence-electron chi connectivity index (χ0n) is 12.5. The van der Waals surface area contributed by atoms with Gasteiger partial charge in [-0.3, -0.25) is 0 Å². The molecule has 23 heavy (non-hydrogen) atoms. The average molecular weight is 340 g/mol. The van der Waals surface area contributed by atoms with Gasteiger partial charge in [-0.05, 0) is 23.1 Å². The molecule has 0 saturated carbocycles. The van der Waals surface area contributed by atoms with E-state index in [0.29, 0.717) is 16.6 Å². The van der Waals surface area contributed by atoms with Crippen molar-refractivity contribution in [3.8, 4) is 5.75 Å². The molecular weight excluding hydrogens is 326 g/mol. The van der Waals surface area contributed by atoms with Crippen LogP contribution in [0, 0.1) is 17.0 Å². The van der Waals surface area contributed by atoms with Crippen LogP contribution in [0.4, 0.5) is 5.82 Å². The van der Waals surface area contributed by atoms with Gasteiger partial charge in [0.15, 0.2) is 5.82 Å². The van der Waals surface area contributed by atoms with E-state index < -0.39 is 10.9 Å². The fraction of sp³-hybridized carbons (Fsp3) is 0.286. The fourth-order valence-electron chi connectivity index (χ4n) is 2.03. The van der Waals surface area contributed by atoms with E-state index in [0.717, 1.165) is 6.20 Å². The van der Waals surface area contributed by atoms with Gasteiger partial charge in [-0.2, -0.15) is 0 Å². The van der Waals surface area contributed by atoms with Crippen LogP contribution in [0.2, 0.25) is 5.02 Å². The standard InChI is InChI=1S/C14H14ClN3O5/c1-9-16-8-13(18(20)21)17(9)5-6-23-14(19)11-7-10(15)3-4-12(11)22-2/h3-4,7-8H,5-6H2,1-2H3. The molecule has 0 aliphatic heterocycles.